The van der Waals surface area contributed by atoms with E-state index in [0.717, 1.165) is 24.0 Å². The van der Waals surface area contributed by atoms with Crippen LogP contribution < -0.4 is 0 Å². The van der Waals surface area contributed by atoms with Crippen molar-refractivity contribution in [1.29, 1.82) is 0 Å². The number of carboxylic acid groups (broad SMARTS) is 1. The third-order valence-electron chi connectivity index (χ3n) is 4.58. The van der Waals surface area contributed by atoms with Gasteiger partial charge in [0.25, 0.3) is 0 Å². The van der Waals surface area contributed by atoms with Crippen LogP contribution in [0.2, 0.25) is 0 Å². The lowest BCUT2D eigenvalue weighted by Gasteiger charge is -2.14. The van der Waals surface area contributed by atoms with E-state index < -0.39 is 12.1 Å². The van der Waals surface area contributed by atoms with Gasteiger partial charge in [-0.15, -0.1) is 0 Å². The van der Waals surface area contributed by atoms with Crippen LogP contribution in [0, 0.1) is 0 Å². The van der Waals surface area contributed by atoms with Crippen molar-refractivity contribution in [1.82, 2.24) is 0 Å². The standard InChI is InChI=1S/C21H34O3/c1-2-3-4-5-6-7-8-9-10-11-14-18-15-12-13-16-19(18)20(22)17-21(23)24/h12-13,15-16,20,22H,2-11,14,17H2,1H3,(H,23,24). The van der Waals surface area contributed by atoms with Crippen molar-refractivity contribution in [3.63, 3.8) is 0 Å². The Hall–Kier alpha value is -1.35. The summed E-state index contributed by atoms with van der Waals surface area (Å²) in [5, 5.41) is 18.9. The number of carboxylic acids is 1. The fourth-order valence-electron chi connectivity index (χ4n) is 3.17. The summed E-state index contributed by atoms with van der Waals surface area (Å²) in [6.45, 7) is 2.25. The molecule has 0 amide bonds. The number of hydrogen-bond acceptors (Lipinski definition) is 2. The molecule has 0 aliphatic rings. The molecule has 0 heterocycles. The second-order valence-corrected chi connectivity index (χ2v) is 6.74. The number of aryl methyl sites for hydroxylation is 1. The maximum atomic E-state index is 10.8. The lowest BCUT2D eigenvalue weighted by atomic mass is 9.96. The van der Waals surface area contributed by atoms with Gasteiger partial charge in [-0.3, -0.25) is 4.79 Å². The van der Waals surface area contributed by atoms with Crippen LogP contribution in [-0.2, 0) is 11.2 Å². The lowest BCUT2D eigenvalue weighted by Crippen LogP contribution is -2.08. The second-order valence-electron chi connectivity index (χ2n) is 6.74. The molecule has 0 aromatic heterocycles. The van der Waals surface area contributed by atoms with Crippen LogP contribution in [0.25, 0.3) is 0 Å². The normalized spacial score (nSPS) is 12.2. The summed E-state index contributed by atoms with van der Waals surface area (Å²) < 4.78 is 0. The zero-order chi connectivity index (χ0) is 17.6. The van der Waals surface area contributed by atoms with Gasteiger partial charge in [0.05, 0.1) is 12.5 Å². The SMILES string of the molecule is CCCCCCCCCCCCc1ccccc1C(O)CC(=O)O. The van der Waals surface area contributed by atoms with E-state index in [-0.39, 0.29) is 6.42 Å². The number of unbranched alkanes of at least 4 members (excludes halogenated alkanes) is 9. The van der Waals surface area contributed by atoms with Crippen molar-refractivity contribution >= 4 is 5.97 Å². The molecule has 0 saturated carbocycles. The fraction of sp³-hybridized carbons (Fsp3) is 0.667. The molecular formula is C21H34O3. The predicted octanol–water partition coefficient (Wildman–Crippen LogP) is 5.66. The molecule has 0 bridgehead atoms. The number of carbonyl (C=O) groups is 1. The first-order valence-corrected chi connectivity index (χ1v) is 9.62. The summed E-state index contributed by atoms with van der Waals surface area (Å²) in [7, 11) is 0. The van der Waals surface area contributed by atoms with Crippen molar-refractivity contribution in [2.24, 2.45) is 0 Å². The highest BCUT2D eigenvalue weighted by Crippen LogP contribution is 2.23. The number of aliphatic carboxylic acids is 1. The highest BCUT2D eigenvalue weighted by Gasteiger charge is 2.15. The number of aliphatic hydroxyl groups is 1. The monoisotopic (exact) mass is 334 g/mol. The van der Waals surface area contributed by atoms with Crippen LogP contribution in [0.4, 0.5) is 0 Å². The number of hydrogen-bond donors (Lipinski definition) is 2. The van der Waals surface area contributed by atoms with Gasteiger partial charge in [0, 0.05) is 0 Å². The first-order valence-electron chi connectivity index (χ1n) is 9.62. The molecular weight excluding hydrogens is 300 g/mol. The zero-order valence-electron chi connectivity index (χ0n) is 15.2. The Labute approximate surface area is 147 Å². The van der Waals surface area contributed by atoms with Gasteiger partial charge in [0.2, 0.25) is 0 Å². The van der Waals surface area contributed by atoms with Gasteiger partial charge < -0.3 is 10.2 Å². The van der Waals surface area contributed by atoms with E-state index in [0.29, 0.717) is 0 Å². The average Bonchev–Trinajstić information content (AvgIpc) is 2.56. The first-order chi connectivity index (χ1) is 11.6. The molecule has 0 radical (unpaired) electrons. The van der Waals surface area contributed by atoms with Gasteiger partial charge in [-0.2, -0.15) is 0 Å². The second kappa shape index (κ2) is 13.0. The molecule has 1 unspecified atom stereocenters. The Balaban J connectivity index is 2.20. The number of benzene rings is 1. The number of rotatable bonds is 14. The molecule has 1 rings (SSSR count). The molecule has 0 spiro atoms. The quantitative estimate of drug-likeness (QED) is 0.432. The van der Waals surface area contributed by atoms with E-state index in [9.17, 15) is 9.90 Å². The lowest BCUT2D eigenvalue weighted by molar-refractivity contribution is -0.139. The minimum absolute atomic E-state index is 0.227. The van der Waals surface area contributed by atoms with E-state index >= 15 is 0 Å². The molecule has 1 aromatic rings. The van der Waals surface area contributed by atoms with E-state index in [4.69, 9.17) is 5.11 Å². The summed E-state index contributed by atoms with van der Waals surface area (Å²) in [5.41, 5.74) is 1.86. The van der Waals surface area contributed by atoms with E-state index in [2.05, 4.69) is 6.92 Å². The average molecular weight is 335 g/mol. The molecule has 3 nitrogen and oxygen atoms in total. The smallest absolute Gasteiger partial charge is 0.306 e. The summed E-state index contributed by atoms with van der Waals surface area (Å²) >= 11 is 0. The van der Waals surface area contributed by atoms with Crippen molar-refractivity contribution in [2.45, 2.75) is 90.1 Å². The van der Waals surface area contributed by atoms with Crippen LogP contribution in [0.15, 0.2) is 24.3 Å². The van der Waals surface area contributed by atoms with Crippen molar-refractivity contribution in [3.05, 3.63) is 35.4 Å². The van der Waals surface area contributed by atoms with Gasteiger partial charge in [-0.1, -0.05) is 89.0 Å². The Morgan fingerprint density at radius 3 is 2.04 bits per heavy atom. The van der Waals surface area contributed by atoms with Crippen LogP contribution >= 0.6 is 0 Å². The minimum atomic E-state index is -0.962. The summed E-state index contributed by atoms with van der Waals surface area (Å²) in [5.74, 6) is -0.962. The molecule has 0 aliphatic carbocycles. The molecule has 0 fully saturated rings. The molecule has 2 N–H and O–H groups in total. The summed E-state index contributed by atoms with van der Waals surface area (Å²) in [6, 6.07) is 7.68. The van der Waals surface area contributed by atoms with Gasteiger partial charge in [0.15, 0.2) is 0 Å². The predicted molar refractivity (Wildman–Crippen MR) is 99.2 cm³/mol. The topological polar surface area (TPSA) is 57.5 Å². The highest BCUT2D eigenvalue weighted by molar-refractivity contribution is 5.67. The van der Waals surface area contributed by atoms with Crippen molar-refractivity contribution < 1.29 is 15.0 Å². The zero-order valence-corrected chi connectivity index (χ0v) is 15.2. The molecule has 0 aliphatic heterocycles. The van der Waals surface area contributed by atoms with Crippen molar-refractivity contribution in [3.8, 4) is 0 Å². The summed E-state index contributed by atoms with van der Waals surface area (Å²) in [4.78, 5) is 10.8. The third kappa shape index (κ3) is 9.07. The number of aliphatic hydroxyl groups excluding tert-OH is 1. The van der Waals surface area contributed by atoms with Gasteiger partial charge in [-0.25, -0.2) is 0 Å². The summed E-state index contributed by atoms with van der Waals surface area (Å²) in [6.07, 6.45) is 12.8. The first kappa shape index (κ1) is 20.7. The maximum Gasteiger partial charge on any atom is 0.306 e. The van der Waals surface area contributed by atoms with E-state index in [1.807, 2.05) is 24.3 Å². The molecule has 1 aromatic carbocycles. The van der Waals surface area contributed by atoms with Crippen LogP contribution in [-0.4, -0.2) is 16.2 Å². The largest absolute Gasteiger partial charge is 0.481 e. The van der Waals surface area contributed by atoms with Gasteiger partial charge in [-0.05, 0) is 24.0 Å². The fourth-order valence-corrected chi connectivity index (χ4v) is 3.17. The Morgan fingerprint density at radius 1 is 0.917 bits per heavy atom. The van der Waals surface area contributed by atoms with Crippen LogP contribution in [0.5, 0.6) is 0 Å². The van der Waals surface area contributed by atoms with E-state index in [1.165, 1.54) is 57.8 Å². The molecule has 0 saturated heterocycles. The van der Waals surface area contributed by atoms with Gasteiger partial charge in [0.1, 0.15) is 0 Å². The van der Waals surface area contributed by atoms with Crippen LogP contribution in [0.3, 0.4) is 0 Å². The Morgan fingerprint density at radius 2 is 1.46 bits per heavy atom. The Kier molecular flexibility index (Phi) is 11.2. The van der Waals surface area contributed by atoms with Gasteiger partial charge >= 0.3 is 5.97 Å². The molecule has 1 atom stereocenters. The molecule has 136 valence electrons. The minimum Gasteiger partial charge on any atom is -0.481 e. The van der Waals surface area contributed by atoms with Crippen molar-refractivity contribution in [2.75, 3.05) is 0 Å². The Bertz CT molecular complexity index is 456. The van der Waals surface area contributed by atoms with Crippen LogP contribution in [0.1, 0.15) is 94.8 Å². The molecule has 24 heavy (non-hydrogen) atoms. The van der Waals surface area contributed by atoms with E-state index in [1.54, 1.807) is 0 Å². The third-order valence-corrected chi connectivity index (χ3v) is 4.58. The highest BCUT2D eigenvalue weighted by atomic mass is 16.4. The maximum absolute atomic E-state index is 10.8. The molecule has 3 heteroatoms.